The molecule has 0 bridgehead atoms. The minimum atomic E-state index is 0.535. The molecule has 0 aromatic heterocycles. The fourth-order valence-corrected chi connectivity index (χ4v) is 3.14. The molecule has 0 saturated carbocycles. The number of halogens is 2. The number of anilines is 2. The SMILES string of the molecule is ClCc1cc(Br)ccc1N1CCc2ccccc21. The summed E-state index contributed by atoms with van der Waals surface area (Å²) < 4.78 is 1.08. The highest BCUT2D eigenvalue weighted by Gasteiger charge is 2.21. The van der Waals surface area contributed by atoms with Gasteiger partial charge < -0.3 is 4.90 Å². The van der Waals surface area contributed by atoms with Gasteiger partial charge >= 0.3 is 0 Å². The summed E-state index contributed by atoms with van der Waals surface area (Å²) in [5, 5.41) is 0. The lowest BCUT2D eigenvalue weighted by Crippen LogP contribution is -2.14. The highest BCUT2D eigenvalue weighted by atomic mass is 79.9. The lowest BCUT2D eigenvalue weighted by Gasteiger charge is -2.22. The number of alkyl halides is 1. The zero-order chi connectivity index (χ0) is 12.5. The van der Waals surface area contributed by atoms with Crippen LogP contribution in [0.2, 0.25) is 0 Å². The van der Waals surface area contributed by atoms with E-state index in [9.17, 15) is 0 Å². The first kappa shape index (κ1) is 12.1. The molecule has 0 radical (unpaired) electrons. The smallest absolute Gasteiger partial charge is 0.0495 e. The van der Waals surface area contributed by atoms with E-state index in [0.29, 0.717) is 5.88 Å². The zero-order valence-corrected chi connectivity index (χ0v) is 12.2. The predicted molar refractivity (Wildman–Crippen MR) is 80.9 cm³/mol. The number of fused-ring (bicyclic) bond motifs is 1. The molecule has 92 valence electrons. The third-order valence-electron chi connectivity index (χ3n) is 3.36. The topological polar surface area (TPSA) is 3.24 Å². The predicted octanol–water partition coefficient (Wildman–Crippen LogP) is 4.88. The van der Waals surface area contributed by atoms with Crippen molar-refractivity contribution in [3.63, 3.8) is 0 Å². The second-order valence-corrected chi connectivity index (χ2v) is 5.62. The van der Waals surface area contributed by atoms with E-state index >= 15 is 0 Å². The highest BCUT2D eigenvalue weighted by Crippen LogP contribution is 2.37. The third-order valence-corrected chi connectivity index (χ3v) is 4.14. The third kappa shape index (κ3) is 2.04. The number of benzene rings is 2. The highest BCUT2D eigenvalue weighted by molar-refractivity contribution is 9.10. The van der Waals surface area contributed by atoms with Crippen molar-refractivity contribution in [1.82, 2.24) is 0 Å². The normalized spacial score (nSPS) is 13.8. The van der Waals surface area contributed by atoms with Gasteiger partial charge in [0.25, 0.3) is 0 Å². The number of hydrogen-bond donors (Lipinski definition) is 0. The van der Waals surface area contributed by atoms with Gasteiger partial charge in [0.2, 0.25) is 0 Å². The molecule has 1 nitrogen and oxygen atoms in total. The Bertz CT molecular complexity index is 582. The molecule has 3 rings (SSSR count). The summed E-state index contributed by atoms with van der Waals surface area (Å²) in [5.74, 6) is 0.535. The van der Waals surface area contributed by atoms with Gasteiger partial charge in [-0.15, -0.1) is 11.6 Å². The second kappa shape index (κ2) is 4.94. The standard InChI is InChI=1S/C15H13BrClN/c16-13-5-6-15(12(9-13)10-17)18-8-7-11-3-1-2-4-14(11)18/h1-6,9H,7-8,10H2. The number of rotatable bonds is 2. The molecule has 1 aliphatic rings. The molecule has 0 amide bonds. The number of para-hydroxylation sites is 1. The van der Waals surface area contributed by atoms with Crippen molar-refractivity contribution < 1.29 is 0 Å². The molecule has 18 heavy (non-hydrogen) atoms. The molecular weight excluding hydrogens is 310 g/mol. The van der Waals surface area contributed by atoms with E-state index in [1.165, 1.54) is 22.5 Å². The molecule has 1 aliphatic heterocycles. The molecule has 2 aromatic carbocycles. The molecule has 0 aliphatic carbocycles. The van der Waals surface area contributed by atoms with E-state index in [1.807, 2.05) is 0 Å². The van der Waals surface area contributed by atoms with Crippen molar-refractivity contribution in [3.8, 4) is 0 Å². The summed E-state index contributed by atoms with van der Waals surface area (Å²) in [4.78, 5) is 2.36. The number of hydrogen-bond acceptors (Lipinski definition) is 1. The Kier molecular flexibility index (Phi) is 3.31. The quantitative estimate of drug-likeness (QED) is 0.712. The van der Waals surface area contributed by atoms with Crippen LogP contribution in [0.3, 0.4) is 0 Å². The summed E-state index contributed by atoms with van der Waals surface area (Å²) in [6.45, 7) is 1.03. The van der Waals surface area contributed by atoms with E-state index in [2.05, 4.69) is 63.3 Å². The first-order chi connectivity index (χ1) is 8.79. The molecular formula is C15H13BrClN. The summed E-state index contributed by atoms with van der Waals surface area (Å²) in [7, 11) is 0. The molecule has 0 N–H and O–H groups in total. The Hall–Kier alpha value is -0.990. The zero-order valence-electron chi connectivity index (χ0n) is 9.87. The molecule has 0 atom stereocenters. The Balaban J connectivity index is 2.07. The van der Waals surface area contributed by atoms with Crippen LogP contribution in [-0.4, -0.2) is 6.54 Å². The van der Waals surface area contributed by atoms with E-state index in [0.717, 1.165) is 17.4 Å². The largest absolute Gasteiger partial charge is 0.341 e. The van der Waals surface area contributed by atoms with Crippen LogP contribution in [0.25, 0.3) is 0 Å². The minimum Gasteiger partial charge on any atom is -0.341 e. The van der Waals surface area contributed by atoms with Crippen molar-refractivity contribution in [2.45, 2.75) is 12.3 Å². The van der Waals surface area contributed by atoms with Crippen LogP contribution in [0.1, 0.15) is 11.1 Å². The average Bonchev–Trinajstić information content (AvgIpc) is 2.82. The molecule has 3 heteroatoms. The summed E-state index contributed by atoms with van der Waals surface area (Å²) >= 11 is 9.56. The van der Waals surface area contributed by atoms with Gasteiger partial charge in [-0.3, -0.25) is 0 Å². The Morgan fingerprint density at radius 3 is 2.78 bits per heavy atom. The average molecular weight is 323 g/mol. The molecule has 0 spiro atoms. The van der Waals surface area contributed by atoms with Crippen LogP contribution >= 0.6 is 27.5 Å². The Morgan fingerprint density at radius 1 is 1.11 bits per heavy atom. The Labute approximate surface area is 121 Å². The van der Waals surface area contributed by atoms with Gasteiger partial charge in [-0.05, 0) is 41.8 Å². The van der Waals surface area contributed by atoms with Gasteiger partial charge in [0.1, 0.15) is 0 Å². The van der Waals surface area contributed by atoms with Crippen molar-refractivity contribution >= 4 is 38.9 Å². The van der Waals surface area contributed by atoms with Gasteiger partial charge in [-0.25, -0.2) is 0 Å². The van der Waals surface area contributed by atoms with Crippen LogP contribution in [-0.2, 0) is 12.3 Å². The van der Waals surface area contributed by atoms with Gasteiger partial charge in [-0.1, -0.05) is 34.1 Å². The second-order valence-electron chi connectivity index (χ2n) is 4.44. The van der Waals surface area contributed by atoms with E-state index < -0.39 is 0 Å². The van der Waals surface area contributed by atoms with Crippen LogP contribution in [0, 0.1) is 0 Å². The van der Waals surface area contributed by atoms with Crippen molar-refractivity contribution in [1.29, 1.82) is 0 Å². The van der Waals surface area contributed by atoms with E-state index in [1.54, 1.807) is 0 Å². The van der Waals surface area contributed by atoms with Gasteiger partial charge in [0.05, 0.1) is 0 Å². The lowest BCUT2D eigenvalue weighted by molar-refractivity contribution is 0.991. The van der Waals surface area contributed by atoms with Crippen LogP contribution in [0.15, 0.2) is 46.9 Å². The fraction of sp³-hybridized carbons (Fsp3) is 0.200. The maximum absolute atomic E-state index is 6.06. The molecule has 2 aromatic rings. The van der Waals surface area contributed by atoms with Crippen molar-refractivity contribution in [2.75, 3.05) is 11.4 Å². The van der Waals surface area contributed by atoms with Gasteiger partial charge in [0.15, 0.2) is 0 Å². The van der Waals surface area contributed by atoms with Crippen LogP contribution in [0.5, 0.6) is 0 Å². The molecule has 0 fully saturated rings. The fourth-order valence-electron chi connectivity index (χ4n) is 2.51. The molecule has 0 unspecified atom stereocenters. The summed E-state index contributed by atoms with van der Waals surface area (Å²) in [5.41, 5.74) is 5.12. The monoisotopic (exact) mass is 321 g/mol. The van der Waals surface area contributed by atoms with Crippen molar-refractivity contribution in [2.24, 2.45) is 0 Å². The van der Waals surface area contributed by atoms with Crippen molar-refractivity contribution in [3.05, 3.63) is 58.1 Å². The number of nitrogens with zero attached hydrogens (tertiary/aromatic N) is 1. The molecule has 0 saturated heterocycles. The lowest BCUT2D eigenvalue weighted by atomic mass is 10.1. The van der Waals surface area contributed by atoms with Gasteiger partial charge in [0, 0.05) is 28.3 Å². The van der Waals surface area contributed by atoms with E-state index in [-0.39, 0.29) is 0 Å². The van der Waals surface area contributed by atoms with Crippen LogP contribution in [0.4, 0.5) is 11.4 Å². The first-order valence-electron chi connectivity index (χ1n) is 5.99. The molecule has 1 heterocycles. The maximum atomic E-state index is 6.06. The van der Waals surface area contributed by atoms with Gasteiger partial charge in [-0.2, -0.15) is 0 Å². The Morgan fingerprint density at radius 2 is 1.94 bits per heavy atom. The van der Waals surface area contributed by atoms with E-state index in [4.69, 9.17) is 11.6 Å². The minimum absolute atomic E-state index is 0.535. The first-order valence-corrected chi connectivity index (χ1v) is 7.32. The summed E-state index contributed by atoms with van der Waals surface area (Å²) in [6.07, 6.45) is 1.11. The maximum Gasteiger partial charge on any atom is 0.0495 e. The summed E-state index contributed by atoms with van der Waals surface area (Å²) in [6, 6.07) is 14.9. The van der Waals surface area contributed by atoms with Crippen LogP contribution < -0.4 is 4.90 Å².